The third-order valence-electron chi connectivity index (χ3n) is 2.44. The zero-order valence-corrected chi connectivity index (χ0v) is 9.90. The lowest BCUT2D eigenvalue weighted by molar-refractivity contribution is -0.137. The highest BCUT2D eigenvalue weighted by atomic mass is 16.5. The molecule has 0 saturated carbocycles. The van der Waals surface area contributed by atoms with Crippen molar-refractivity contribution in [2.24, 2.45) is 0 Å². The summed E-state index contributed by atoms with van der Waals surface area (Å²) >= 11 is 0. The highest BCUT2D eigenvalue weighted by Crippen LogP contribution is 2.37. The molecule has 0 spiro atoms. The van der Waals surface area contributed by atoms with Crippen LogP contribution in [0.25, 0.3) is 0 Å². The van der Waals surface area contributed by atoms with Crippen LogP contribution in [0.15, 0.2) is 12.1 Å². The Balaban J connectivity index is 2.91. The van der Waals surface area contributed by atoms with Gasteiger partial charge in [-0.25, -0.2) is 0 Å². The van der Waals surface area contributed by atoms with Crippen LogP contribution in [0.1, 0.15) is 18.4 Å². The zero-order chi connectivity index (χ0) is 12.8. The molecular weight excluding hydrogens is 224 g/mol. The van der Waals surface area contributed by atoms with Crippen LogP contribution in [-0.2, 0) is 11.2 Å². The number of phenols is 1. The number of carboxylic acids is 1. The average molecular weight is 240 g/mol. The average Bonchev–Trinajstić information content (AvgIpc) is 2.30. The zero-order valence-electron chi connectivity index (χ0n) is 9.90. The molecule has 0 aliphatic rings. The highest BCUT2D eigenvalue weighted by molar-refractivity contribution is 5.66. The van der Waals surface area contributed by atoms with Crippen molar-refractivity contribution >= 4 is 5.97 Å². The molecule has 5 heteroatoms. The molecule has 0 aliphatic carbocycles. The van der Waals surface area contributed by atoms with E-state index in [1.54, 1.807) is 6.07 Å². The first kappa shape index (κ1) is 13.2. The van der Waals surface area contributed by atoms with Crippen LogP contribution >= 0.6 is 0 Å². The topological polar surface area (TPSA) is 76.0 Å². The van der Waals surface area contributed by atoms with E-state index in [0.717, 1.165) is 0 Å². The lowest BCUT2D eigenvalue weighted by atomic mass is 10.1. The molecule has 0 atom stereocenters. The van der Waals surface area contributed by atoms with Gasteiger partial charge in [0, 0.05) is 12.0 Å². The maximum absolute atomic E-state index is 10.4. The SMILES string of the molecule is COc1ccc(O)c(CCCC(=O)O)c1OC. The van der Waals surface area contributed by atoms with E-state index in [2.05, 4.69) is 0 Å². The van der Waals surface area contributed by atoms with Crippen molar-refractivity contribution in [3.63, 3.8) is 0 Å². The Hall–Kier alpha value is -1.91. The number of aliphatic carboxylic acids is 1. The fourth-order valence-corrected chi connectivity index (χ4v) is 1.64. The van der Waals surface area contributed by atoms with Gasteiger partial charge in [0.05, 0.1) is 14.2 Å². The molecule has 0 aliphatic heterocycles. The summed E-state index contributed by atoms with van der Waals surface area (Å²) in [5.74, 6) is 0.216. The van der Waals surface area contributed by atoms with Crippen molar-refractivity contribution in [1.82, 2.24) is 0 Å². The second kappa shape index (κ2) is 5.98. The van der Waals surface area contributed by atoms with Crippen LogP contribution in [0.4, 0.5) is 0 Å². The fourth-order valence-electron chi connectivity index (χ4n) is 1.64. The molecule has 1 aromatic rings. The normalized spacial score (nSPS) is 10.0. The van der Waals surface area contributed by atoms with Gasteiger partial charge in [0.2, 0.25) is 0 Å². The Kier molecular flexibility index (Phi) is 4.63. The van der Waals surface area contributed by atoms with Crippen LogP contribution in [-0.4, -0.2) is 30.4 Å². The molecule has 0 bridgehead atoms. The monoisotopic (exact) mass is 240 g/mol. The van der Waals surface area contributed by atoms with Crippen LogP contribution in [0.5, 0.6) is 17.2 Å². The Labute approximate surface area is 99.6 Å². The number of hydrogen-bond acceptors (Lipinski definition) is 4. The predicted octanol–water partition coefficient (Wildman–Crippen LogP) is 1.82. The summed E-state index contributed by atoms with van der Waals surface area (Å²) in [4.78, 5) is 10.4. The Morgan fingerprint density at radius 2 is 2.00 bits per heavy atom. The van der Waals surface area contributed by atoms with Gasteiger partial charge in [-0.1, -0.05) is 0 Å². The molecule has 5 nitrogen and oxygen atoms in total. The predicted molar refractivity (Wildman–Crippen MR) is 61.8 cm³/mol. The van der Waals surface area contributed by atoms with E-state index in [1.807, 2.05) is 0 Å². The van der Waals surface area contributed by atoms with Gasteiger partial charge in [0.25, 0.3) is 0 Å². The number of carbonyl (C=O) groups is 1. The van der Waals surface area contributed by atoms with E-state index in [9.17, 15) is 9.90 Å². The minimum absolute atomic E-state index is 0.0554. The molecule has 0 unspecified atom stereocenters. The van der Waals surface area contributed by atoms with Crippen molar-refractivity contribution < 1.29 is 24.5 Å². The van der Waals surface area contributed by atoms with Crippen LogP contribution in [0.2, 0.25) is 0 Å². The summed E-state index contributed by atoms with van der Waals surface area (Å²) < 4.78 is 10.3. The largest absolute Gasteiger partial charge is 0.508 e. The van der Waals surface area contributed by atoms with Crippen LogP contribution in [0, 0.1) is 0 Å². The van der Waals surface area contributed by atoms with Crippen molar-refractivity contribution in [2.75, 3.05) is 14.2 Å². The molecule has 0 aromatic heterocycles. The Morgan fingerprint density at radius 3 is 2.53 bits per heavy atom. The van der Waals surface area contributed by atoms with E-state index in [-0.39, 0.29) is 12.2 Å². The molecular formula is C12H16O5. The molecule has 0 fully saturated rings. The Bertz CT molecular complexity index is 400. The summed E-state index contributed by atoms with van der Waals surface area (Å²) in [6.07, 6.45) is 0.921. The number of aromatic hydroxyl groups is 1. The van der Waals surface area contributed by atoms with Gasteiger partial charge in [-0.15, -0.1) is 0 Å². The van der Waals surface area contributed by atoms with Gasteiger partial charge in [0.15, 0.2) is 11.5 Å². The maximum atomic E-state index is 10.4. The molecule has 0 radical (unpaired) electrons. The highest BCUT2D eigenvalue weighted by Gasteiger charge is 2.14. The third-order valence-corrected chi connectivity index (χ3v) is 2.44. The number of ether oxygens (including phenoxy) is 2. The second-order valence-electron chi connectivity index (χ2n) is 3.55. The van der Waals surface area contributed by atoms with Crippen LogP contribution in [0.3, 0.4) is 0 Å². The number of benzene rings is 1. The minimum Gasteiger partial charge on any atom is -0.508 e. The Morgan fingerprint density at radius 1 is 1.29 bits per heavy atom. The van der Waals surface area contributed by atoms with Crippen molar-refractivity contribution in [1.29, 1.82) is 0 Å². The van der Waals surface area contributed by atoms with E-state index in [1.165, 1.54) is 20.3 Å². The van der Waals surface area contributed by atoms with Gasteiger partial charge in [0.1, 0.15) is 5.75 Å². The lowest BCUT2D eigenvalue weighted by Crippen LogP contribution is -1.99. The minimum atomic E-state index is -0.855. The number of carboxylic acid groups (broad SMARTS) is 1. The summed E-state index contributed by atoms with van der Waals surface area (Å²) in [5.41, 5.74) is 0.577. The van der Waals surface area contributed by atoms with Gasteiger partial charge < -0.3 is 19.7 Å². The quantitative estimate of drug-likeness (QED) is 0.793. The molecule has 0 saturated heterocycles. The summed E-state index contributed by atoms with van der Waals surface area (Å²) in [5, 5.41) is 18.3. The molecule has 1 rings (SSSR count). The molecule has 1 aromatic carbocycles. The molecule has 0 heterocycles. The van der Waals surface area contributed by atoms with Gasteiger partial charge in [-0.05, 0) is 25.0 Å². The van der Waals surface area contributed by atoms with E-state index in [4.69, 9.17) is 14.6 Å². The summed E-state index contributed by atoms with van der Waals surface area (Å²) in [7, 11) is 2.99. The number of hydrogen-bond donors (Lipinski definition) is 2. The molecule has 0 amide bonds. The van der Waals surface area contributed by atoms with E-state index in [0.29, 0.717) is 29.9 Å². The van der Waals surface area contributed by atoms with Crippen LogP contribution < -0.4 is 9.47 Å². The third kappa shape index (κ3) is 3.27. The van der Waals surface area contributed by atoms with Gasteiger partial charge in [-0.2, -0.15) is 0 Å². The van der Waals surface area contributed by atoms with Crippen molar-refractivity contribution in [2.45, 2.75) is 19.3 Å². The maximum Gasteiger partial charge on any atom is 0.303 e. The number of rotatable bonds is 6. The first-order chi connectivity index (χ1) is 8.10. The lowest BCUT2D eigenvalue weighted by Gasteiger charge is -2.13. The second-order valence-corrected chi connectivity index (χ2v) is 3.55. The molecule has 17 heavy (non-hydrogen) atoms. The number of methoxy groups -OCH3 is 2. The van der Waals surface area contributed by atoms with Gasteiger partial charge in [-0.3, -0.25) is 4.79 Å². The standard InChI is InChI=1S/C12H16O5/c1-16-10-7-6-9(13)8(12(10)17-2)4-3-5-11(14)15/h6-7,13H,3-5H2,1-2H3,(H,14,15). The smallest absolute Gasteiger partial charge is 0.303 e. The fraction of sp³-hybridized carbons (Fsp3) is 0.417. The summed E-state index contributed by atoms with van der Waals surface area (Å²) in [6, 6.07) is 3.12. The van der Waals surface area contributed by atoms with Crippen molar-refractivity contribution in [3.8, 4) is 17.2 Å². The van der Waals surface area contributed by atoms with Crippen molar-refractivity contribution in [3.05, 3.63) is 17.7 Å². The molecule has 2 N–H and O–H groups in total. The first-order valence-corrected chi connectivity index (χ1v) is 5.24. The first-order valence-electron chi connectivity index (χ1n) is 5.24. The van der Waals surface area contributed by atoms with Gasteiger partial charge >= 0.3 is 5.97 Å². The molecule has 94 valence electrons. The van der Waals surface area contributed by atoms with E-state index < -0.39 is 5.97 Å². The van der Waals surface area contributed by atoms with E-state index >= 15 is 0 Å². The summed E-state index contributed by atoms with van der Waals surface area (Å²) in [6.45, 7) is 0. The number of phenolic OH excluding ortho intramolecular Hbond substituents is 1.